The van der Waals surface area contributed by atoms with E-state index in [0.717, 1.165) is 12.8 Å². The summed E-state index contributed by atoms with van der Waals surface area (Å²) in [7, 11) is 0. The van der Waals surface area contributed by atoms with Crippen molar-refractivity contribution in [2.45, 2.75) is 38.3 Å². The highest BCUT2D eigenvalue weighted by Crippen LogP contribution is 2.35. The van der Waals surface area contributed by atoms with E-state index in [0.29, 0.717) is 12.5 Å². The number of nitrogens with zero attached hydrogens (tertiary/aromatic N) is 1. The maximum atomic E-state index is 11.5. The molecule has 78 valence electrons. The zero-order valence-corrected chi connectivity index (χ0v) is 8.31. The lowest BCUT2D eigenvalue weighted by Gasteiger charge is -2.31. The lowest BCUT2D eigenvalue weighted by atomic mass is 9.79. The van der Waals surface area contributed by atoms with Crippen molar-refractivity contribution < 1.29 is 14.3 Å². The Hall–Kier alpha value is -1.06. The third-order valence-electron chi connectivity index (χ3n) is 2.89. The van der Waals surface area contributed by atoms with E-state index in [2.05, 4.69) is 4.99 Å². The Balaban J connectivity index is 1.94. The van der Waals surface area contributed by atoms with Gasteiger partial charge in [0.25, 0.3) is 0 Å². The fourth-order valence-electron chi connectivity index (χ4n) is 1.89. The normalized spacial score (nSPS) is 30.9. The van der Waals surface area contributed by atoms with E-state index < -0.39 is 6.04 Å². The third kappa shape index (κ3) is 1.61. The number of carbonyl (C=O) groups excluding carboxylic acids is 1. The van der Waals surface area contributed by atoms with Crippen molar-refractivity contribution in [3.8, 4) is 0 Å². The molecule has 1 aliphatic carbocycles. The minimum absolute atomic E-state index is 0.0669. The number of carbonyl (C=O) groups is 1. The molecule has 1 heterocycles. The Morgan fingerprint density at radius 3 is 3.00 bits per heavy atom. The number of hydrogen-bond acceptors (Lipinski definition) is 4. The molecule has 14 heavy (non-hydrogen) atoms. The first-order valence-electron chi connectivity index (χ1n) is 5.16. The Labute approximate surface area is 83.3 Å². The summed E-state index contributed by atoms with van der Waals surface area (Å²) in [5.74, 6) is 0.241. The number of ether oxygens (including phenoxy) is 2. The SMILES string of the molecule is CCOC(=O)C1N=COC1C1CCC1. The van der Waals surface area contributed by atoms with E-state index >= 15 is 0 Å². The van der Waals surface area contributed by atoms with Crippen molar-refractivity contribution >= 4 is 12.4 Å². The molecule has 1 fully saturated rings. The molecule has 0 aromatic heterocycles. The van der Waals surface area contributed by atoms with Crippen LogP contribution < -0.4 is 0 Å². The van der Waals surface area contributed by atoms with Gasteiger partial charge in [0.05, 0.1) is 6.61 Å². The Bertz CT molecular complexity index is 248. The maximum Gasteiger partial charge on any atom is 0.334 e. The molecule has 4 nitrogen and oxygen atoms in total. The Kier molecular flexibility index (Phi) is 2.70. The fourth-order valence-corrected chi connectivity index (χ4v) is 1.89. The van der Waals surface area contributed by atoms with Crippen molar-refractivity contribution in [1.29, 1.82) is 0 Å². The van der Waals surface area contributed by atoms with E-state index in [1.807, 2.05) is 0 Å². The third-order valence-corrected chi connectivity index (χ3v) is 2.89. The molecule has 2 atom stereocenters. The summed E-state index contributed by atoms with van der Waals surface area (Å²) in [5, 5.41) is 0. The smallest absolute Gasteiger partial charge is 0.334 e. The van der Waals surface area contributed by atoms with Crippen LogP contribution in [-0.2, 0) is 14.3 Å². The average Bonchev–Trinajstić information content (AvgIpc) is 2.50. The van der Waals surface area contributed by atoms with Crippen LogP contribution in [0.15, 0.2) is 4.99 Å². The van der Waals surface area contributed by atoms with Gasteiger partial charge in [0.2, 0.25) is 0 Å². The van der Waals surface area contributed by atoms with Gasteiger partial charge in [-0.1, -0.05) is 6.42 Å². The zero-order valence-electron chi connectivity index (χ0n) is 8.31. The van der Waals surface area contributed by atoms with E-state index in [1.54, 1.807) is 6.92 Å². The van der Waals surface area contributed by atoms with Crippen LogP contribution in [0.25, 0.3) is 0 Å². The largest absolute Gasteiger partial charge is 0.477 e. The van der Waals surface area contributed by atoms with Crippen molar-refractivity contribution in [3.63, 3.8) is 0 Å². The quantitative estimate of drug-likeness (QED) is 0.637. The topological polar surface area (TPSA) is 47.9 Å². The van der Waals surface area contributed by atoms with Gasteiger partial charge in [-0.05, 0) is 25.7 Å². The molecule has 0 aromatic rings. The van der Waals surface area contributed by atoms with Crippen LogP contribution >= 0.6 is 0 Å². The van der Waals surface area contributed by atoms with Gasteiger partial charge in [-0.25, -0.2) is 9.79 Å². The summed E-state index contributed by atoms with van der Waals surface area (Å²) in [5.41, 5.74) is 0. The van der Waals surface area contributed by atoms with E-state index in [-0.39, 0.29) is 12.1 Å². The first-order valence-corrected chi connectivity index (χ1v) is 5.16. The van der Waals surface area contributed by atoms with Crippen LogP contribution in [0.4, 0.5) is 0 Å². The van der Waals surface area contributed by atoms with Crippen molar-refractivity contribution in [3.05, 3.63) is 0 Å². The summed E-state index contributed by atoms with van der Waals surface area (Å²) < 4.78 is 10.3. The maximum absolute atomic E-state index is 11.5. The summed E-state index contributed by atoms with van der Waals surface area (Å²) in [4.78, 5) is 15.5. The number of hydrogen-bond donors (Lipinski definition) is 0. The highest BCUT2D eigenvalue weighted by atomic mass is 16.5. The first kappa shape index (κ1) is 9.49. The summed E-state index contributed by atoms with van der Waals surface area (Å²) in [6, 6.07) is -0.416. The lowest BCUT2D eigenvalue weighted by Crippen LogP contribution is -2.40. The minimum Gasteiger partial charge on any atom is -0.477 e. The van der Waals surface area contributed by atoms with Crippen LogP contribution in [0, 0.1) is 5.92 Å². The van der Waals surface area contributed by atoms with Gasteiger partial charge in [0.15, 0.2) is 12.4 Å². The molecule has 2 unspecified atom stereocenters. The zero-order chi connectivity index (χ0) is 9.97. The predicted octanol–water partition coefficient (Wildman–Crippen LogP) is 1.15. The van der Waals surface area contributed by atoms with Gasteiger partial charge in [-0.15, -0.1) is 0 Å². The highest BCUT2D eigenvalue weighted by Gasteiger charge is 2.41. The summed E-state index contributed by atoms with van der Waals surface area (Å²) >= 11 is 0. The van der Waals surface area contributed by atoms with Crippen LogP contribution in [-0.4, -0.2) is 31.1 Å². The van der Waals surface area contributed by atoms with Crippen LogP contribution in [0.3, 0.4) is 0 Å². The standard InChI is InChI=1S/C10H15NO3/c1-2-13-10(12)8-9(14-6-11-8)7-4-3-5-7/h6-9H,2-5H2,1H3. The molecule has 2 aliphatic rings. The van der Waals surface area contributed by atoms with Gasteiger partial charge in [0, 0.05) is 0 Å². The molecule has 2 rings (SSSR count). The van der Waals surface area contributed by atoms with Crippen LogP contribution in [0.2, 0.25) is 0 Å². The summed E-state index contributed by atoms with van der Waals surface area (Å²) in [6.45, 7) is 2.21. The first-order chi connectivity index (χ1) is 6.83. The molecular weight excluding hydrogens is 182 g/mol. The van der Waals surface area contributed by atoms with Crippen molar-refractivity contribution in [2.24, 2.45) is 10.9 Å². The average molecular weight is 197 g/mol. The van der Waals surface area contributed by atoms with E-state index in [1.165, 1.54) is 12.8 Å². The van der Waals surface area contributed by atoms with Crippen molar-refractivity contribution in [1.82, 2.24) is 0 Å². The van der Waals surface area contributed by atoms with Gasteiger partial charge in [-0.2, -0.15) is 0 Å². The molecule has 0 amide bonds. The van der Waals surface area contributed by atoms with E-state index in [9.17, 15) is 4.79 Å². The molecule has 1 saturated carbocycles. The highest BCUT2D eigenvalue weighted by molar-refractivity contribution is 5.79. The fraction of sp³-hybridized carbons (Fsp3) is 0.800. The molecular formula is C10H15NO3. The second-order valence-electron chi connectivity index (χ2n) is 3.74. The van der Waals surface area contributed by atoms with E-state index in [4.69, 9.17) is 9.47 Å². The second-order valence-corrected chi connectivity index (χ2v) is 3.74. The molecule has 4 heteroatoms. The Morgan fingerprint density at radius 1 is 1.64 bits per heavy atom. The van der Waals surface area contributed by atoms with Crippen molar-refractivity contribution in [2.75, 3.05) is 6.61 Å². The number of esters is 1. The lowest BCUT2D eigenvalue weighted by molar-refractivity contribution is -0.147. The molecule has 0 bridgehead atoms. The monoisotopic (exact) mass is 197 g/mol. The molecule has 0 aromatic carbocycles. The number of rotatable bonds is 3. The van der Waals surface area contributed by atoms with Gasteiger partial charge in [0.1, 0.15) is 6.10 Å². The minimum atomic E-state index is -0.416. The van der Waals surface area contributed by atoms with Gasteiger partial charge >= 0.3 is 5.97 Å². The second kappa shape index (κ2) is 3.98. The summed E-state index contributed by atoms with van der Waals surface area (Å²) in [6.07, 6.45) is 4.85. The Morgan fingerprint density at radius 2 is 2.43 bits per heavy atom. The molecule has 0 saturated heterocycles. The molecule has 1 aliphatic heterocycles. The van der Waals surface area contributed by atoms with Crippen LogP contribution in [0.1, 0.15) is 26.2 Å². The molecule has 0 N–H and O–H groups in total. The van der Waals surface area contributed by atoms with Crippen LogP contribution in [0.5, 0.6) is 0 Å². The molecule has 0 radical (unpaired) electrons. The van der Waals surface area contributed by atoms with Gasteiger partial charge < -0.3 is 9.47 Å². The number of aliphatic imine (C=N–C) groups is 1. The molecule has 0 spiro atoms. The van der Waals surface area contributed by atoms with Gasteiger partial charge in [-0.3, -0.25) is 0 Å². The predicted molar refractivity (Wildman–Crippen MR) is 51.1 cm³/mol.